The Balaban J connectivity index is 1.27. The molecule has 30 heavy (non-hydrogen) atoms. The quantitative estimate of drug-likeness (QED) is 0.303. The number of thioether (sulfide) groups is 1. The molecule has 0 radical (unpaired) electrons. The first-order valence-electron chi connectivity index (χ1n) is 9.84. The molecule has 0 unspecified atom stereocenters. The number of carbonyl (C=O) groups excluding carboxylic acids is 2. The highest BCUT2D eigenvalue weighted by atomic mass is 32.2. The van der Waals surface area contributed by atoms with Crippen molar-refractivity contribution in [2.75, 3.05) is 0 Å². The van der Waals surface area contributed by atoms with Crippen molar-refractivity contribution in [3.8, 4) is 0 Å². The number of carbonyl (C=O) groups is 2. The van der Waals surface area contributed by atoms with Gasteiger partial charge in [-0.25, -0.2) is 0 Å². The molecule has 1 heterocycles. The summed E-state index contributed by atoms with van der Waals surface area (Å²) in [4.78, 5) is 27.7. The standard InChI is InChI=1S/C26H19NO2S/c28-25-22-9-3-4-10-23(22)26(29)27(25)16-18-12-14-19(15-13-18)17-30-24-11-5-7-20-6-1-2-8-21(20)24/h1-15H,16-17H2. The van der Waals surface area contributed by atoms with Crippen molar-refractivity contribution in [2.45, 2.75) is 17.2 Å². The van der Waals surface area contributed by atoms with Crippen LogP contribution in [-0.4, -0.2) is 16.7 Å². The molecule has 5 rings (SSSR count). The lowest BCUT2D eigenvalue weighted by Gasteiger charge is -2.14. The van der Waals surface area contributed by atoms with Crippen LogP contribution in [-0.2, 0) is 12.3 Å². The van der Waals surface area contributed by atoms with Crippen LogP contribution in [0.4, 0.5) is 0 Å². The van der Waals surface area contributed by atoms with Gasteiger partial charge in [-0.05, 0) is 40.1 Å². The molecular weight excluding hydrogens is 390 g/mol. The second-order valence-electron chi connectivity index (χ2n) is 7.32. The SMILES string of the molecule is O=C1c2ccccc2C(=O)N1Cc1ccc(CSc2cccc3ccccc23)cc1. The lowest BCUT2D eigenvalue weighted by atomic mass is 10.1. The number of hydrogen-bond acceptors (Lipinski definition) is 3. The summed E-state index contributed by atoms with van der Waals surface area (Å²) >= 11 is 1.82. The second kappa shape index (κ2) is 7.81. The van der Waals surface area contributed by atoms with Gasteiger partial charge in [0.25, 0.3) is 11.8 Å². The molecular formula is C26H19NO2S. The summed E-state index contributed by atoms with van der Waals surface area (Å²) in [5, 5.41) is 2.52. The van der Waals surface area contributed by atoms with E-state index in [4.69, 9.17) is 0 Å². The van der Waals surface area contributed by atoms with E-state index < -0.39 is 0 Å². The molecule has 0 fully saturated rings. The average Bonchev–Trinajstić information content (AvgIpc) is 3.03. The molecule has 0 atom stereocenters. The van der Waals surface area contributed by atoms with Gasteiger partial charge in [0.1, 0.15) is 0 Å². The van der Waals surface area contributed by atoms with Crippen molar-refractivity contribution in [1.29, 1.82) is 0 Å². The third-order valence-electron chi connectivity index (χ3n) is 5.39. The van der Waals surface area contributed by atoms with Crippen molar-refractivity contribution in [1.82, 2.24) is 4.90 Å². The van der Waals surface area contributed by atoms with E-state index in [-0.39, 0.29) is 11.8 Å². The lowest BCUT2D eigenvalue weighted by molar-refractivity contribution is 0.0642. The molecule has 3 nitrogen and oxygen atoms in total. The molecule has 146 valence electrons. The number of rotatable bonds is 5. The molecule has 1 aliphatic heterocycles. The predicted octanol–water partition coefficient (Wildman–Crippen LogP) is 5.93. The zero-order chi connectivity index (χ0) is 20.5. The molecule has 0 aliphatic carbocycles. The number of amides is 2. The smallest absolute Gasteiger partial charge is 0.261 e. The van der Waals surface area contributed by atoms with Gasteiger partial charge in [0.15, 0.2) is 0 Å². The maximum atomic E-state index is 12.5. The summed E-state index contributed by atoms with van der Waals surface area (Å²) in [7, 11) is 0. The Hall–Kier alpha value is -3.37. The number of benzene rings is 4. The largest absolute Gasteiger partial charge is 0.270 e. The van der Waals surface area contributed by atoms with Gasteiger partial charge in [0, 0.05) is 10.6 Å². The minimum Gasteiger partial charge on any atom is -0.270 e. The highest BCUT2D eigenvalue weighted by molar-refractivity contribution is 7.98. The number of nitrogens with zero attached hydrogens (tertiary/aromatic N) is 1. The van der Waals surface area contributed by atoms with Gasteiger partial charge >= 0.3 is 0 Å². The molecule has 1 aliphatic rings. The van der Waals surface area contributed by atoms with Gasteiger partial charge < -0.3 is 0 Å². The summed E-state index contributed by atoms with van der Waals surface area (Å²) in [5.41, 5.74) is 3.14. The summed E-state index contributed by atoms with van der Waals surface area (Å²) < 4.78 is 0. The van der Waals surface area contributed by atoms with Crippen LogP contribution in [0.1, 0.15) is 31.8 Å². The van der Waals surface area contributed by atoms with Crippen LogP contribution in [0.5, 0.6) is 0 Å². The molecule has 0 saturated heterocycles. The molecule has 0 N–H and O–H groups in total. The minimum atomic E-state index is -0.216. The summed E-state index contributed by atoms with van der Waals surface area (Å²) in [5.74, 6) is 0.429. The summed E-state index contributed by atoms with van der Waals surface area (Å²) in [6.07, 6.45) is 0. The molecule has 4 aromatic rings. The van der Waals surface area contributed by atoms with E-state index in [0.29, 0.717) is 17.7 Å². The number of imide groups is 1. The van der Waals surface area contributed by atoms with Crippen LogP contribution in [0, 0.1) is 0 Å². The van der Waals surface area contributed by atoms with Crippen molar-refractivity contribution >= 4 is 34.3 Å². The van der Waals surface area contributed by atoms with E-state index in [1.165, 1.54) is 26.1 Å². The van der Waals surface area contributed by atoms with Gasteiger partial charge in [0.05, 0.1) is 17.7 Å². The van der Waals surface area contributed by atoms with Crippen LogP contribution >= 0.6 is 11.8 Å². The minimum absolute atomic E-state index is 0.216. The monoisotopic (exact) mass is 409 g/mol. The summed E-state index contributed by atoms with van der Waals surface area (Å²) in [6.45, 7) is 0.295. The van der Waals surface area contributed by atoms with Gasteiger partial charge in [-0.15, -0.1) is 11.8 Å². The van der Waals surface area contributed by atoms with Gasteiger partial charge in [-0.1, -0.05) is 72.8 Å². The van der Waals surface area contributed by atoms with Crippen molar-refractivity contribution in [2.24, 2.45) is 0 Å². The van der Waals surface area contributed by atoms with E-state index >= 15 is 0 Å². The zero-order valence-electron chi connectivity index (χ0n) is 16.2. The van der Waals surface area contributed by atoms with Crippen molar-refractivity contribution < 1.29 is 9.59 Å². The lowest BCUT2D eigenvalue weighted by Crippen LogP contribution is -2.29. The van der Waals surface area contributed by atoms with Crippen LogP contribution in [0.2, 0.25) is 0 Å². The first-order valence-corrected chi connectivity index (χ1v) is 10.8. The van der Waals surface area contributed by atoms with Gasteiger partial charge in [0.2, 0.25) is 0 Å². The van der Waals surface area contributed by atoms with Crippen molar-refractivity contribution in [3.63, 3.8) is 0 Å². The normalized spacial score (nSPS) is 13.1. The average molecular weight is 410 g/mol. The molecule has 0 bridgehead atoms. The maximum absolute atomic E-state index is 12.5. The Labute approximate surface area is 179 Å². The molecule has 2 amide bonds. The predicted molar refractivity (Wildman–Crippen MR) is 121 cm³/mol. The topological polar surface area (TPSA) is 37.4 Å². The van der Waals surface area contributed by atoms with Gasteiger partial charge in [-0.3, -0.25) is 14.5 Å². The molecule has 0 aromatic heterocycles. The van der Waals surface area contributed by atoms with E-state index in [2.05, 4.69) is 54.6 Å². The number of hydrogen-bond donors (Lipinski definition) is 0. The molecule has 0 spiro atoms. The number of fused-ring (bicyclic) bond motifs is 2. The van der Waals surface area contributed by atoms with E-state index in [1.807, 2.05) is 23.9 Å². The van der Waals surface area contributed by atoms with Crippen LogP contribution in [0.25, 0.3) is 10.8 Å². The van der Waals surface area contributed by atoms with Crippen LogP contribution in [0.15, 0.2) is 95.9 Å². The Bertz CT molecular complexity index is 1220. The molecule has 4 heteroatoms. The van der Waals surface area contributed by atoms with E-state index in [9.17, 15) is 9.59 Å². The zero-order valence-corrected chi connectivity index (χ0v) is 17.1. The Morgan fingerprint density at radius 2 is 1.23 bits per heavy atom. The highest BCUT2D eigenvalue weighted by Gasteiger charge is 2.34. The van der Waals surface area contributed by atoms with E-state index in [0.717, 1.165) is 11.3 Å². The Morgan fingerprint density at radius 3 is 1.97 bits per heavy atom. The van der Waals surface area contributed by atoms with Crippen LogP contribution < -0.4 is 0 Å². The third-order valence-corrected chi connectivity index (χ3v) is 6.53. The fourth-order valence-electron chi connectivity index (χ4n) is 3.79. The Kier molecular flexibility index (Phi) is 4.85. The maximum Gasteiger partial charge on any atom is 0.261 e. The van der Waals surface area contributed by atoms with Crippen molar-refractivity contribution in [3.05, 3.63) is 113 Å². The summed E-state index contributed by atoms with van der Waals surface area (Å²) in [6, 6.07) is 30.0. The fraction of sp³-hybridized carbons (Fsp3) is 0.0769. The first-order chi connectivity index (χ1) is 14.7. The van der Waals surface area contributed by atoms with Gasteiger partial charge in [-0.2, -0.15) is 0 Å². The molecule has 4 aromatic carbocycles. The van der Waals surface area contributed by atoms with E-state index in [1.54, 1.807) is 24.3 Å². The highest BCUT2D eigenvalue weighted by Crippen LogP contribution is 2.30. The molecule has 0 saturated carbocycles. The van der Waals surface area contributed by atoms with Crippen LogP contribution in [0.3, 0.4) is 0 Å². The second-order valence-corrected chi connectivity index (χ2v) is 8.34. The first kappa shape index (κ1) is 18.6. The third kappa shape index (κ3) is 3.40. The Morgan fingerprint density at radius 1 is 0.633 bits per heavy atom. The fourth-order valence-corrected chi connectivity index (χ4v) is 4.82.